The third-order valence-electron chi connectivity index (χ3n) is 2.69. The second-order valence-electron chi connectivity index (χ2n) is 4.10. The van der Waals surface area contributed by atoms with Gasteiger partial charge in [-0.3, -0.25) is 14.2 Å². The molecule has 5 heteroatoms. The molecule has 0 atom stereocenters. The number of hydrogen-bond donors (Lipinski definition) is 0. The topological polar surface area (TPSA) is 52.7 Å². The highest BCUT2D eigenvalue weighted by Crippen LogP contribution is 2.09. The first kappa shape index (κ1) is 12.3. The zero-order valence-electron chi connectivity index (χ0n) is 10.8. The molecule has 0 saturated heterocycles. The summed E-state index contributed by atoms with van der Waals surface area (Å²) in [6, 6.07) is 1.70. The van der Waals surface area contributed by atoms with Crippen LogP contribution in [0, 0.1) is 6.92 Å². The first-order valence-corrected chi connectivity index (χ1v) is 5.86. The summed E-state index contributed by atoms with van der Waals surface area (Å²) in [5.41, 5.74) is 2.33. The number of rotatable bonds is 4. The fourth-order valence-corrected chi connectivity index (χ4v) is 1.66. The van der Waals surface area contributed by atoms with Crippen molar-refractivity contribution in [3.8, 4) is 0 Å². The Hall–Kier alpha value is -2.17. The van der Waals surface area contributed by atoms with E-state index in [2.05, 4.69) is 10.2 Å². The summed E-state index contributed by atoms with van der Waals surface area (Å²) >= 11 is 0. The van der Waals surface area contributed by atoms with Gasteiger partial charge in [-0.05, 0) is 32.1 Å². The molecule has 0 bridgehead atoms. The Bertz CT molecular complexity index is 592. The molecule has 0 radical (unpaired) electrons. The molecule has 0 spiro atoms. The van der Waals surface area contributed by atoms with Gasteiger partial charge in [0.05, 0.1) is 5.69 Å². The van der Waals surface area contributed by atoms with Gasteiger partial charge in [0.25, 0.3) is 0 Å². The van der Waals surface area contributed by atoms with Gasteiger partial charge in [-0.15, -0.1) is 0 Å². The zero-order valence-corrected chi connectivity index (χ0v) is 10.8. The maximum atomic E-state index is 11.8. The number of allylic oxidation sites excluding steroid dienone is 1. The Morgan fingerprint density at radius 1 is 1.44 bits per heavy atom. The Labute approximate surface area is 106 Å². The van der Waals surface area contributed by atoms with Crippen molar-refractivity contribution < 1.29 is 4.79 Å². The molecule has 94 valence electrons. The van der Waals surface area contributed by atoms with E-state index >= 15 is 0 Å². The molecule has 0 aliphatic rings. The number of hydrogen-bond acceptors (Lipinski definition) is 3. The molecule has 0 amide bonds. The Morgan fingerprint density at radius 2 is 2.22 bits per heavy atom. The first-order chi connectivity index (χ1) is 8.60. The molecule has 0 aromatic carbocycles. The van der Waals surface area contributed by atoms with Crippen molar-refractivity contribution in [2.45, 2.75) is 20.4 Å². The molecule has 0 aliphatic heterocycles. The van der Waals surface area contributed by atoms with E-state index in [1.54, 1.807) is 30.1 Å². The Morgan fingerprint density at radius 3 is 2.78 bits per heavy atom. The number of aromatic nitrogens is 4. The van der Waals surface area contributed by atoms with Crippen molar-refractivity contribution in [1.82, 2.24) is 19.6 Å². The maximum absolute atomic E-state index is 11.8. The maximum Gasteiger partial charge on any atom is 0.206 e. The van der Waals surface area contributed by atoms with Crippen LogP contribution < -0.4 is 0 Å². The van der Waals surface area contributed by atoms with E-state index in [-0.39, 0.29) is 5.78 Å². The molecule has 2 rings (SSSR count). The van der Waals surface area contributed by atoms with E-state index in [9.17, 15) is 4.79 Å². The molecule has 0 aliphatic carbocycles. The molecule has 0 unspecified atom stereocenters. The van der Waals surface area contributed by atoms with Gasteiger partial charge in [0.1, 0.15) is 5.69 Å². The third kappa shape index (κ3) is 2.56. The lowest BCUT2D eigenvalue weighted by molar-refractivity contribution is 0.104. The molecule has 18 heavy (non-hydrogen) atoms. The lowest BCUT2D eigenvalue weighted by atomic mass is 10.2. The molecule has 0 fully saturated rings. The normalized spacial score (nSPS) is 11.3. The SMILES string of the molecule is CCn1cc(/C=C/C(=O)c2ccn(C)n2)c(C)n1. The Kier molecular flexibility index (Phi) is 3.41. The average Bonchev–Trinajstić information content (AvgIpc) is 2.92. The summed E-state index contributed by atoms with van der Waals surface area (Å²) in [6.45, 7) is 4.78. The highest BCUT2D eigenvalue weighted by atomic mass is 16.1. The van der Waals surface area contributed by atoms with E-state index in [1.807, 2.05) is 24.7 Å². The van der Waals surface area contributed by atoms with Crippen LogP contribution in [0.5, 0.6) is 0 Å². The number of carbonyl (C=O) groups excluding carboxylic acids is 1. The van der Waals surface area contributed by atoms with E-state index in [0.29, 0.717) is 5.69 Å². The van der Waals surface area contributed by atoms with Crippen LogP contribution in [0.4, 0.5) is 0 Å². The lowest BCUT2D eigenvalue weighted by Gasteiger charge is -1.90. The standard InChI is InChI=1S/C13H16N4O/c1-4-17-9-11(10(2)14-17)5-6-13(18)12-7-8-16(3)15-12/h5-9H,4H2,1-3H3/b6-5+. The van der Waals surface area contributed by atoms with Gasteiger partial charge < -0.3 is 0 Å². The lowest BCUT2D eigenvalue weighted by Crippen LogP contribution is -1.97. The predicted octanol–water partition coefficient (Wildman–Crippen LogP) is 1.84. The molecule has 2 aromatic rings. The van der Waals surface area contributed by atoms with Crippen molar-refractivity contribution in [1.29, 1.82) is 0 Å². The molecule has 0 saturated carbocycles. The molecule has 2 aromatic heterocycles. The molecule has 5 nitrogen and oxygen atoms in total. The van der Waals surface area contributed by atoms with Crippen molar-refractivity contribution in [3.05, 3.63) is 41.5 Å². The van der Waals surface area contributed by atoms with Gasteiger partial charge in [-0.25, -0.2) is 0 Å². The number of ketones is 1. The smallest absolute Gasteiger partial charge is 0.206 e. The van der Waals surface area contributed by atoms with Gasteiger partial charge in [0.2, 0.25) is 5.78 Å². The largest absolute Gasteiger partial charge is 0.287 e. The van der Waals surface area contributed by atoms with Crippen molar-refractivity contribution >= 4 is 11.9 Å². The summed E-state index contributed by atoms with van der Waals surface area (Å²) in [5.74, 6) is -0.0979. The van der Waals surface area contributed by atoms with Crippen LogP contribution >= 0.6 is 0 Å². The molecule has 0 N–H and O–H groups in total. The quantitative estimate of drug-likeness (QED) is 0.609. The summed E-state index contributed by atoms with van der Waals surface area (Å²) < 4.78 is 3.46. The minimum absolute atomic E-state index is 0.0979. The monoisotopic (exact) mass is 244 g/mol. The van der Waals surface area contributed by atoms with Crippen molar-refractivity contribution in [2.75, 3.05) is 0 Å². The van der Waals surface area contributed by atoms with E-state index in [1.165, 1.54) is 6.08 Å². The van der Waals surface area contributed by atoms with E-state index in [4.69, 9.17) is 0 Å². The Balaban J connectivity index is 2.15. The van der Waals surface area contributed by atoms with Crippen LogP contribution in [-0.4, -0.2) is 25.3 Å². The number of carbonyl (C=O) groups is 1. The number of nitrogens with zero attached hydrogens (tertiary/aromatic N) is 4. The minimum atomic E-state index is -0.0979. The fourth-order valence-electron chi connectivity index (χ4n) is 1.66. The molecular formula is C13H16N4O. The van der Waals surface area contributed by atoms with Gasteiger partial charge in [-0.1, -0.05) is 0 Å². The second-order valence-corrected chi connectivity index (χ2v) is 4.10. The average molecular weight is 244 g/mol. The van der Waals surface area contributed by atoms with E-state index < -0.39 is 0 Å². The van der Waals surface area contributed by atoms with E-state index in [0.717, 1.165) is 17.8 Å². The van der Waals surface area contributed by atoms with Crippen LogP contribution in [0.2, 0.25) is 0 Å². The van der Waals surface area contributed by atoms with Crippen LogP contribution in [0.1, 0.15) is 28.7 Å². The first-order valence-electron chi connectivity index (χ1n) is 5.86. The van der Waals surface area contributed by atoms with Crippen LogP contribution in [0.3, 0.4) is 0 Å². The van der Waals surface area contributed by atoms with Crippen LogP contribution in [0.15, 0.2) is 24.5 Å². The van der Waals surface area contributed by atoms with Crippen LogP contribution in [-0.2, 0) is 13.6 Å². The number of aryl methyl sites for hydroxylation is 3. The molecule has 2 heterocycles. The highest BCUT2D eigenvalue weighted by Gasteiger charge is 2.06. The van der Waals surface area contributed by atoms with Gasteiger partial charge in [0.15, 0.2) is 0 Å². The third-order valence-corrected chi connectivity index (χ3v) is 2.69. The van der Waals surface area contributed by atoms with Crippen molar-refractivity contribution in [2.24, 2.45) is 7.05 Å². The van der Waals surface area contributed by atoms with Gasteiger partial charge in [0, 0.05) is 31.5 Å². The summed E-state index contributed by atoms with van der Waals surface area (Å²) in [5, 5.41) is 8.38. The summed E-state index contributed by atoms with van der Waals surface area (Å²) in [7, 11) is 1.79. The zero-order chi connectivity index (χ0) is 13.1. The predicted molar refractivity (Wildman–Crippen MR) is 69.2 cm³/mol. The summed E-state index contributed by atoms with van der Waals surface area (Å²) in [6.07, 6.45) is 7.00. The minimum Gasteiger partial charge on any atom is -0.287 e. The van der Waals surface area contributed by atoms with Crippen molar-refractivity contribution in [3.63, 3.8) is 0 Å². The van der Waals surface area contributed by atoms with Gasteiger partial charge >= 0.3 is 0 Å². The second kappa shape index (κ2) is 5.00. The molecular weight excluding hydrogens is 228 g/mol. The summed E-state index contributed by atoms with van der Waals surface area (Å²) in [4.78, 5) is 11.8. The fraction of sp³-hybridized carbons (Fsp3) is 0.308. The van der Waals surface area contributed by atoms with Gasteiger partial charge in [-0.2, -0.15) is 10.2 Å². The van der Waals surface area contributed by atoms with Crippen LogP contribution in [0.25, 0.3) is 6.08 Å². The highest BCUT2D eigenvalue weighted by molar-refractivity contribution is 6.05.